The highest BCUT2D eigenvalue weighted by Crippen LogP contribution is 2.22. The minimum atomic E-state index is -0.186. The van der Waals surface area contributed by atoms with Gasteiger partial charge in [0, 0.05) is 12.1 Å². The molecule has 136 valence electrons. The summed E-state index contributed by atoms with van der Waals surface area (Å²) in [6.45, 7) is 8.40. The molecule has 2 rings (SSSR count). The Hall–Kier alpha value is -2.50. The molecule has 0 radical (unpaired) electrons. The number of aromatic nitrogens is 1. The van der Waals surface area contributed by atoms with Crippen LogP contribution in [0.3, 0.4) is 0 Å². The predicted molar refractivity (Wildman–Crippen MR) is 97.0 cm³/mol. The molecule has 0 unspecified atom stereocenters. The Kier molecular flexibility index (Phi) is 6.44. The summed E-state index contributed by atoms with van der Waals surface area (Å²) < 4.78 is 10.3. The molecule has 0 bridgehead atoms. The largest absolute Gasteiger partial charge is 0.497 e. The maximum Gasteiger partial charge on any atom is 0.315 e. The van der Waals surface area contributed by atoms with Crippen LogP contribution in [0.5, 0.6) is 5.75 Å². The van der Waals surface area contributed by atoms with E-state index in [1.54, 1.807) is 7.11 Å². The fourth-order valence-corrected chi connectivity index (χ4v) is 2.93. The van der Waals surface area contributed by atoms with Gasteiger partial charge in [0.25, 0.3) is 0 Å². The van der Waals surface area contributed by atoms with Crippen molar-refractivity contribution in [2.24, 2.45) is 0 Å². The SMILES string of the molecule is COc1ccc([C@@H](C)CCNC(=O)N[C@@H](C)c2c(C)noc2C)cc1. The Balaban J connectivity index is 1.78. The molecular formula is C19H27N3O3. The van der Waals surface area contributed by atoms with Crippen molar-refractivity contribution < 1.29 is 14.1 Å². The van der Waals surface area contributed by atoms with E-state index < -0.39 is 0 Å². The molecule has 6 heteroatoms. The average Bonchev–Trinajstić information content (AvgIpc) is 2.93. The molecule has 0 spiro atoms. The number of amides is 2. The number of ether oxygens (including phenoxy) is 1. The van der Waals surface area contributed by atoms with Gasteiger partial charge >= 0.3 is 6.03 Å². The molecule has 6 nitrogen and oxygen atoms in total. The Morgan fingerprint density at radius 2 is 1.92 bits per heavy atom. The highest BCUT2D eigenvalue weighted by Gasteiger charge is 2.18. The number of carbonyl (C=O) groups is 1. The van der Waals surface area contributed by atoms with E-state index in [9.17, 15) is 4.79 Å². The summed E-state index contributed by atoms with van der Waals surface area (Å²) in [7, 11) is 1.66. The van der Waals surface area contributed by atoms with Gasteiger partial charge in [-0.3, -0.25) is 0 Å². The predicted octanol–water partition coefficient (Wildman–Crippen LogP) is 3.85. The number of benzene rings is 1. The lowest BCUT2D eigenvalue weighted by molar-refractivity contribution is 0.237. The second-order valence-electron chi connectivity index (χ2n) is 6.32. The molecule has 0 fully saturated rings. The third-order valence-corrected chi connectivity index (χ3v) is 4.42. The van der Waals surface area contributed by atoms with Crippen LogP contribution < -0.4 is 15.4 Å². The topological polar surface area (TPSA) is 76.4 Å². The van der Waals surface area contributed by atoms with Crippen molar-refractivity contribution in [2.45, 2.75) is 46.1 Å². The molecule has 1 heterocycles. The second-order valence-corrected chi connectivity index (χ2v) is 6.32. The first-order chi connectivity index (χ1) is 11.9. The smallest absolute Gasteiger partial charge is 0.315 e. The standard InChI is InChI=1S/C19H27N3O3/c1-12(16-6-8-17(24-5)9-7-16)10-11-20-19(23)21-13(2)18-14(3)22-25-15(18)4/h6-9,12-13H,10-11H2,1-5H3,(H2,20,21,23)/t12-,13-/m0/s1. The van der Waals surface area contributed by atoms with Crippen molar-refractivity contribution in [2.75, 3.05) is 13.7 Å². The van der Waals surface area contributed by atoms with Gasteiger partial charge in [-0.05, 0) is 50.8 Å². The summed E-state index contributed by atoms with van der Waals surface area (Å²) in [6.07, 6.45) is 0.861. The van der Waals surface area contributed by atoms with Gasteiger partial charge in [0.15, 0.2) is 0 Å². The van der Waals surface area contributed by atoms with Crippen molar-refractivity contribution in [3.8, 4) is 5.75 Å². The van der Waals surface area contributed by atoms with Gasteiger partial charge in [0.1, 0.15) is 11.5 Å². The van der Waals surface area contributed by atoms with Crippen LogP contribution in [0.15, 0.2) is 28.8 Å². The first-order valence-electron chi connectivity index (χ1n) is 8.53. The molecule has 1 aromatic heterocycles. The van der Waals surface area contributed by atoms with Gasteiger partial charge < -0.3 is 19.9 Å². The zero-order valence-corrected chi connectivity index (χ0v) is 15.6. The highest BCUT2D eigenvalue weighted by atomic mass is 16.5. The summed E-state index contributed by atoms with van der Waals surface area (Å²) >= 11 is 0. The fourth-order valence-electron chi connectivity index (χ4n) is 2.93. The van der Waals surface area contributed by atoms with E-state index in [4.69, 9.17) is 9.26 Å². The first-order valence-corrected chi connectivity index (χ1v) is 8.53. The maximum absolute atomic E-state index is 12.1. The highest BCUT2D eigenvalue weighted by molar-refractivity contribution is 5.74. The van der Waals surface area contributed by atoms with E-state index in [2.05, 4.69) is 34.8 Å². The Bertz CT molecular complexity index is 675. The lowest BCUT2D eigenvalue weighted by atomic mass is 9.98. The number of nitrogens with one attached hydrogen (secondary N) is 2. The summed E-state index contributed by atoms with van der Waals surface area (Å²) in [5.74, 6) is 1.94. The van der Waals surface area contributed by atoms with Crippen LogP contribution in [-0.4, -0.2) is 24.8 Å². The van der Waals surface area contributed by atoms with Gasteiger partial charge in [-0.25, -0.2) is 4.79 Å². The molecule has 0 saturated carbocycles. The number of rotatable bonds is 7. The van der Waals surface area contributed by atoms with E-state index >= 15 is 0 Å². The molecule has 2 amide bonds. The van der Waals surface area contributed by atoms with Crippen LogP contribution in [0.25, 0.3) is 0 Å². The van der Waals surface area contributed by atoms with Crippen molar-refractivity contribution in [3.05, 3.63) is 46.8 Å². The minimum absolute atomic E-state index is 0.148. The fraction of sp³-hybridized carbons (Fsp3) is 0.474. The van der Waals surface area contributed by atoms with Crippen LogP contribution in [0.2, 0.25) is 0 Å². The van der Waals surface area contributed by atoms with Crippen molar-refractivity contribution in [1.29, 1.82) is 0 Å². The zero-order chi connectivity index (χ0) is 18.4. The summed E-state index contributed by atoms with van der Waals surface area (Å²) in [4.78, 5) is 12.1. The van der Waals surface area contributed by atoms with Crippen LogP contribution in [0.1, 0.15) is 54.8 Å². The van der Waals surface area contributed by atoms with Crippen LogP contribution >= 0.6 is 0 Å². The Morgan fingerprint density at radius 1 is 1.24 bits per heavy atom. The van der Waals surface area contributed by atoms with Gasteiger partial charge in [-0.1, -0.05) is 24.2 Å². The lowest BCUT2D eigenvalue weighted by Crippen LogP contribution is -2.38. The van der Waals surface area contributed by atoms with Crippen molar-refractivity contribution in [1.82, 2.24) is 15.8 Å². The molecule has 0 aliphatic rings. The molecule has 0 saturated heterocycles. The number of methoxy groups -OCH3 is 1. The normalized spacial score (nSPS) is 13.2. The Morgan fingerprint density at radius 3 is 2.48 bits per heavy atom. The minimum Gasteiger partial charge on any atom is -0.497 e. The second kappa shape index (κ2) is 8.55. The van der Waals surface area contributed by atoms with Gasteiger partial charge in [-0.2, -0.15) is 0 Å². The van der Waals surface area contributed by atoms with E-state index in [-0.39, 0.29) is 12.1 Å². The molecular weight excluding hydrogens is 318 g/mol. The van der Waals surface area contributed by atoms with Crippen LogP contribution in [0, 0.1) is 13.8 Å². The molecule has 0 aliphatic heterocycles. The molecule has 25 heavy (non-hydrogen) atoms. The van der Waals surface area contributed by atoms with Crippen LogP contribution in [-0.2, 0) is 0 Å². The van der Waals surface area contributed by atoms with Crippen molar-refractivity contribution in [3.63, 3.8) is 0 Å². The molecule has 2 atom stereocenters. The summed E-state index contributed by atoms with van der Waals surface area (Å²) in [5.41, 5.74) is 2.97. The van der Waals surface area contributed by atoms with E-state index in [0.717, 1.165) is 29.2 Å². The van der Waals surface area contributed by atoms with E-state index in [1.807, 2.05) is 32.9 Å². The third-order valence-electron chi connectivity index (χ3n) is 4.42. The summed E-state index contributed by atoms with van der Waals surface area (Å²) in [6, 6.07) is 7.69. The first kappa shape index (κ1) is 18.8. The summed E-state index contributed by atoms with van der Waals surface area (Å²) in [5, 5.41) is 9.76. The molecule has 0 aliphatic carbocycles. The van der Waals surface area contributed by atoms with Crippen LogP contribution in [0.4, 0.5) is 4.79 Å². The quantitative estimate of drug-likeness (QED) is 0.799. The number of hydrogen-bond donors (Lipinski definition) is 2. The van der Waals surface area contributed by atoms with E-state index in [1.165, 1.54) is 5.56 Å². The van der Waals surface area contributed by atoms with Crippen molar-refractivity contribution >= 4 is 6.03 Å². The lowest BCUT2D eigenvalue weighted by Gasteiger charge is -2.16. The third kappa shape index (κ3) is 4.98. The monoisotopic (exact) mass is 345 g/mol. The van der Waals surface area contributed by atoms with Gasteiger partial charge in [0.2, 0.25) is 0 Å². The molecule has 2 aromatic rings. The number of urea groups is 1. The average molecular weight is 345 g/mol. The zero-order valence-electron chi connectivity index (χ0n) is 15.6. The molecule has 1 aromatic carbocycles. The Labute approximate surface area is 148 Å². The van der Waals surface area contributed by atoms with E-state index in [0.29, 0.717) is 12.5 Å². The number of aryl methyl sites for hydroxylation is 2. The number of hydrogen-bond acceptors (Lipinski definition) is 4. The van der Waals surface area contributed by atoms with Gasteiger partial charge in [0.05, 0.1) is 18.8 Å². The maximum atomic E-state index is 12.1. The van der Waals surface area contributed by atoms with Gasteiger partial charge in [-0.15, -0.1) is 0 Å². The number of carbonyl (C=O) groups excluding carboxylic acids is 1. The molecule has 2 N–H and O–H groups in total. The number of nitrogens with zero attached hydrogens (tertiary/aromatic N) is 1.